The number of fused-ring (bicyclic) bond motifs is 5. The van der Waals surface area contributed by atoms with Crippen molar-refractivity contribution in [1.82, 2.24) is 0 Å². The Morgan fingerprint density at radius 3 is 2.64 bits per heavy atom. The Balaban J connectivity index is 1.76. The van der Waals surface area contributed by atoms with E-state index >= 15 is 0 Å². The van der Waals surface area contributed by atoms with Gasteiger partial charge in [-0.25, -0.2) is 0 Å². The molecule has 0 spiro atoms. The normalized spacial score (nSPS) is 57.6. The molecule has 3 saturated carbocycles. The number of rotatable bonds is 0. The van der Waals surface area contributed by atoms with Crippen molar-refractivity contribution in [2.24, 2.45) is 28.6 Å². The average molecular weight is 304 g/mol. The van der Waals surface area contributed by atoms with E-state index in [4.69, 9.17) is 0 Å². The molecule has 2 unspecified atom stereocenters. The van der Waals surface area contributed by atoms with E-state index in [1.807, 2.05) is 6.92 Å². The van der Waals surface area contributed by atoms with Gasteiger partial charge in [-0.2, -0.15) is 0 Å². The molecule has 4 aliphatic carbocycles. The van der Waals surface area contributed by atoms with Gasteiger partial charge in [-0.15, -0.1) is 0 Å². The minimum absolute atomic E-state index is 0.126. The molecule has 2 N–H and O–H groups in total. The Hall–Kier alpha value is -0.340. The van der Waals surface area contributed by atoms with E-state index in [-0.39, 0.29) is 11.5 Å². The van der Waals surface area contributed by atoms with Crippen molar-refractivity contribution < 1.29 is 10.2 Å². The van der Waals surface area contributed by atoms with Gasteiger partial charge < -0.3 is 10.2 Å². The lowest BCUT2D eigenvalue weighted by molar-refractivity contribution is -0.155. The van der Waals surface area contributed by atoms with Crippen LogP contribution in [0.1, 0.15) is 72.1 Å². The van der Waals surface area contributed by atoms with Gasteiger partial charge in [0, 0.05) is 11.8 Å². The van der Waals surface area contributed by atoms with Crippen LogP contribution in [0.4, 0.5) is 0 Å². The summed E-state index contributed by atoms with van der Waals surface area (Å²) in [5.74, 6) is 2.20. The van der Waals surface area contributed by atoms with E-state index in [1.54, 1.807) is 0 Å². The predicted molar refractivity (Wildman–Crippen MR) is 88.3 cm³/mol. The first kappa shape index (κ1) is 15.2. The summed E-state index contributed by atoms with van der Waals surface area (Å²) >= 11 is 0. The maximum atomic E-state index is 11.2. The summed E-state index contributed by atoms with van der Waals surface area (Å²) in [4.78, 5) is 0. The lowest BCUT2D eigenvalue weighted by atomic mass is 9.45. The van der Waals surface area contributed by atoms with E-state index in [9.17, 15) is 10.2 Å². The van der Waals surface area contributed by atoms with Crippen molar-refractivity contribution in [3.05, 3.63) is 11.6 Å². The topological polar surface area (TPSA) is 40.5 Å². The van der Waals surface area contributed by atoms with Gasteiger partial charge in [-0.1, -0.05) is 31.9 Å². The van der Waals surface area contributed by atoms with Gasteiger partial charge in [-0.3, -0.25) is 0 Å². The Bertz CT molecular complexity index is 508. The second-order valence-electron chi connectivity index (χ2n) is 9.47. The first-order valence-corrected chi connectivity index (χ1v) is 9.38. The van der Waals surface area contributed by atoms with Gasteiger partial charge in [0.2, 0.25) is 0 Å². The fraction of sp³-hybridized carbons (Fsp3) is 0.900. The Morgan fingerprint density at radius 2 is 1.86 bits per heavy atom. The standard InChI is InChI=1S/C20H32O2/c1-18-9-4-5-16(18)15-7-6-13-11-14(21)12-19(2,22)20(13,3)17(15)8-10-18/h6,14-17,21-22H,4-5,7-12H2,1-3H3/t14?,15-,16-,17+,18-,19?,20-/m0/s1. The SMILES string of the molecule is CC1(O)CC(O)CC2=CC[C@@H]3[C@@H](CC[C@]4(C)CCC[C@@H]34)[C@]21C. The van der Waals surface area contributed by atoms with Crippen molar-refractivity contribution in [3.63, 3.8) is 0 Å². The zero-order valence-corrected chi connectivity index (χ0v) is 14.4. The number of aliphatic hydroxyl groups is 2. The second-order valence-corrected chi connectivity index (χ2v) is 9.47. The van der Waals surface area contributed by atoms with Gasteiger partial charge >= 0.3 is 0 Å². The van der Waals surface area contributed by atoms with Crippen LogP contribution in [-0.2, 0) is 0 Å². The molecule has 7 atom stereocenters. The van der Waals surface area contributed by atoms with Gasteiger partial charge in [0.1, 0.15) is 0 Å². The summed E-state index contributed by atoms with van der Waals surface area (Å²) in [6.45, 7) is 6.80. The molecule has 2 heteroatoms. The molecule has 4 rings (SSSR count). The molecule has 0 heterocycles. The monoisotopic (exact) mass is 304 g/mol. The number of aliphatic hydroxyl groups excluding tert-OH is 1. The van der Waals surface area contributed by atoms with Gasteiger partial charge in [0.15, 0.2) is 0 Å². The summed E-state index contributed by atoms with van der Waals surface area (Å²) in [6, 6.07) is 0. The van der Waals surface area contributed by atoms with E-state index < -0.39 is 5.60 Å². The molecule has 0 aromatic heterocycles. The smallest absolute Gasteiger partial charge is 0.0737 e. The number of hydrogen-bond donors (Lipinski definition) is 2. The van der Waals surface area contributed by atoms with E-state index in [0.29, 0.717) is 17.8 Å². The zero-order chi connectivity index (χ0) is 15.8. The highest BCUT2D eigenvalue weighted by atomic mass is 16.3. The zero-order valence-electron chi connectivity index (χ0n) is 14.4. The molecule has 0 aromatic rings. The van der Waals surface area contributed by atoms with Crippen LogP contribution in [0.2, 0.25) is 0 Å². The third kappa shape index (κ3) is 1.80. The maximum absolute atomic E-state index is 11.2. The summed E-state index contributed by atoms with van der Waals surface area (Å²) < 4.78 is 0. The molecule has 0 bridgehead atoms. The first-order valence-electron chi connectivity index (χ1n) is 9.38. The molecule has 124 valence electrons. The van der Waals surface area contributed by atoms with Crippen LogP contribution in [0, 0.1) is 28.6 Å². The van der Waals surface area contributed by atoms with Gasteiger partial charge in [0.25, 0.3) is 0 Å². The van der Waals surface area contributed by atoms with Crippen LogP contribution in [0.15, 0.2) is 11.6 Å². The van der Waals surface area contributed by atoms with E-state index in [0.717, 1.165) is 18.3 Å². The van der Waals surface area contributed by atoms with Gasteiger partial charge in [0.05, 0.1) is 11.7 Å². The Labute approximate surface area is 135 Å². The highest BCUT2D eigenvalue weighted by Gasteiger charge is 2.61. The summed E-state index contributed by atoms with van der Waals surface area (Å²) in [6.07, 6.45) is 11.3. The number of hydrogen-bond acceptors (Lipinski definition) is 2. The van der Waals surface area contributed by atoms with Gasteiger partial charge in [-0.05, 0) is 68.6 Å². The van der Waals surface area contributed by atoms with E-state index in [2.05, 4.69) is 19.9 Å². The summed E-state index contributed by atoms with van der Waals surface area (Å²) in [5.41, 5.74) is 1.01. The molecule has 2 nitrogen and oxygen atoms in total. The van der Waals surface area contributed by atoms with Crippen molar-refractivity contribution in [1.29, 1.82) is 0 Å². The minimum atomic E-state index is -0.772. The molecular formula is C20H32O2. The largest absolute Gasteiger partial charge is 0.393 e. The molecule has 0 aromatic carbocycles. The lowest BCUT2D eigenvalue weighted by Gasteiger charge is -2.61. The minimum Gasteiger partial charge on any atom is -0.393 e. The van der Waals surface area contributed by atoms with Crippen LogP contribution in [0.25, 0.3) is 0 Å². The molecular weight excluding hydrogens is 272 g/mol. The quantitative estimate of drug-likeness (QED) is 0.663. The summed E-state index contributed by atoms with van der Waals surface area (Å²) in [7, 11) is 0. The van der Waals surface area contributed by atoms with Crippen LogP contribution in [0.5, 0.6) is 0 Å². The van der Waals surface area contributed by atoms with Crippen LogP contribution < -0.4 is 0 Å². The first-order chi connectivity index (χ1) is 10.3. The molecule has 0 amide bonds. The summed E-state index contributed by atoms with van der Waals surface area (Å²) in [5, 5.41) is 21.4. The molecule has 0 saturated heterocycles. The lowest BCUT2D eigenvalue weighted by Crippen LogP contribution is -2.60. The predicted octanol–water partition coefficient (Wildman–Crippen LogP) is 4.06. The van der Waals surface area contributed by atoms with Crippen molar-refractivity contribution in [2.75, 3.05) is 0 Å². The van der Waals surface area contributed by atoms with Crippen molar-refractivity contribution in [2.45, 2.75) is 83.8 Å². The van der Waals surface area contributed by atoms with E-state index in [1.165, 1.54) is 44.1 Å². The highest BCUT2D eigenvalue weighted by molar-refractivity contribution is 5.30. The fourth-order valence-electron chi connectivity index (χ4n) is 7.09. The second kappa shape index (κ2) is 4.60. The highest BCUT2D eigenvalue weighted by Crippen LogP contribution is 2.66. The molecule has 22 heavy (non-hydrogen) atoms. The Kier molecular flexibility index (Phi) is 3.18. The third-order valence-corrected chi connectivity index (χ3v) is 8.47. The maximum Gasteiger partial charge on any atom is 0.0737 e. The van der Waals surface area contributed by atoms with Crippen molar-refractivity contribution >= 4 is 0 Å². The third-order valence-electron chi connectivity index (χ3n) is 8.47. The van der Waals surface area contributed by atoms with Crippen LogP contribution in [0.3, 0.4) is 0 Å². The van der Waals surface area contributed by atoms with Crippen LogP contribution in [-0.4, -0.2) is 21.9 Å². The average Bonchev–Trinajstić information content (AvgIpc) is 2.81. The molecule has 0 radical (unpaired) electrons. The van der Waals surface area contributed by atoms with Crippen molar-refractivity contribution in [3.8, 4) is 0 Å². The molecule has 4 aliphatic rings. The fourth-order valence-corrected chi connectivity index (χ4v) is 7.09. The Morgan fingerprint density at radius 1 is 1.09 bits per heavy atom. The molecule has 3 fully saturated rings. The van der Waals surface area contributed by atoms with Crippen LogP contribution >= 0.6 is 0 Å². The number of allylic oxidation sites excluding steroid dienone is 1. The molecule has 0 aliphatic heterocycles.